The lowest BCUT2D eigenvalue weighted by atomic mass is 10.1. The molecule has 21 heavy (non-hydrogen) atoms. The van der Waals surface area contributed by atoms with Gasteiger partial charge in [0.15, 0.2) is 0 Å². The lowest BCUT2D eigenvalue weighted by Crippen LogP contribution is -2.33. The van der Waals surface area contributed by atoms with Gasteiger partial charge in [-0.25, -0.2) is 4.39 Å². The van der Waals surface area contributed by atoms with Crippen LogP contribution in [0.15, 0.2) is 42.7 Å². The monoisotopic (exact) mass is 287 g/mol. The second-order valence-corrected chi connectivity index (χ2v) is 4.83. The molecule has 0 saturated heterocycles. The number of benzene rings is 1. The maximum absolute atomic E-state index is 13.2. The van der Waals surface area contributed by atoms with E-state index in [1.807, 2.05) is 31.2 Å². The summed E-state index contributed by atoms with van der Waals surface area (Å²) in [4.78, 5) is 17.9. The van der Waals surface area contributed by atoms with Crippen molar-refractivity contribution in [1.29, 1.82) is 0 Å². The summed E-state index contributed by atoms with van der Waals surface area (Å²) in [7, 11) is 0. The summed E-state index contributed by atoms with van der Waals surface area (Å²) in [6.45, 7) is 2.94. The largest absolute Gasteiger partial charge is 0.330 e. The molecular formula is C16H18FN3O. The Morgan fingerprint density at radius 2 is 2.00 bits per heavy atom. The first-order valence-electron chi connectivity index (χ1n) is 6.81. The van der Waals surface area contributed by atoms with Gasteiger partial charge in [0.25, 0.3) is 5.91 Å². The molecule has 0 spiro atoms. The van der Waals surface area contributed by atoms with E-state index in [0.29, 0.717) is 19.5 Å². The molecule has 2 aromatic rings. The lowest BCUT2D eigenvalue weighted by molar-refractivity contribution is 0.0986. The van der Waals surface area contributed by atoms with E-state index in [1.165, 1.54) is 12.3 Å². The standard InChI is InChI=1S/C16H18FN3O/c1-12-3-5-15(6-4-12)20(8-2-7-18)16(21)13-9-14(17)11-19-10-13/h3-6,9-11H,2,7-8,18H2,1H3. The van der Waals surface area contributed by atoms with Crippen molar-refractivity contribution in [2.24, 2.45) is 5.73 Å². The van der Waals surface area contributed by atoms with Gasteiger partial charge < -0.3 is 10.6 Å². The Labute approximate surface area is 123 Å². The molecule has 5 heteroatoms. The van der Waals surface area contributed by atoms with Gasteiger partial charge in [0.05, 0.1) is 11.8 Å². The number of hydrogen-bond acceptors (Lipinski definition) is 3. The van der Waals surface area contributed by atoms with Crippen LogP contribution < -0.4 is 10.6 Å². The summed E-state index contributed by atoms with van der Waals surface area (Å²) >= 11 is 0. The smallest absolute Gasteiger partial charge is 0.259 e. The molecule has 110 valence electrons. The predicted octanol–water partition coefficient (Wildman–Crippen LogP) is 2.52. The SMILES string of the molecule is Cc1ccc(N(CCCN)C(=O)c2cncc(F)c2)cc1. The Bertz CT molecular complexity index is 613. The minimum absolute atomic E-state index is 0.229. The van der Waals surface area contributed by atoms with Crippen LogP contribution in [-0.4, -0.2) is 24.0 Å². The van der Waals surface area contributed by atoms with Gasteiger partial charge in [-0.05, 0) is 38.1 Å². The molecule has 2 rings (SSSR count). The lowest BCUT2D eigenvalue weighted by Gasteiger charge is -2.23. The zero-order valence-corrected chi connectivity index (χ0v) is 11.9. The van der Waals surface area contributed by atoms with Crippen molar-refractivity contribution in [2.75, 3.05) is 18.0 Å². The summed E-state index contributed by atoms with van der Waals surface area (Å²) in [5.41, 5.74) is 7.64. The fourth-order valence-electron chi connectivity index (χ4n) is 2.01. The highest BCUT2D eigenvalue weighted by molar-refractivity contribution is 6.05. The predicted molar refractivity (Wildman–Crippen MR) is 80.7 cm³/mol. The van der Waals surface area contributed by atoms with Gasteiger partial charge in [0.2, 0.25) is 0 Å². The number of hydrogen-bond donors (Lipinski definition) is 1. The second kappa shape index (κ2) is 6.95. The molecule has 0 aliphatic carbocycles. The van der Waals surface area contributed by atoms with Gasteiger partial charge >= 0.3 is 0 Å². The van der Waals surface area contributed by atoms with Crippen molar-refractivity contribution >= 4 is 11.6 Å². The van der Waals surface area contributed by atoms with E-state index in [1.54, 1.807) is 4.90 Å². The fourth-order valence-corrected chi connectivity index (χ4v) is 2.01. The molecule has 0 radical (unpaired) electrons. The zero-order valence-electron chi connectivity index (χ0n) is 11.9. The number of pyridine rings is 1. The van der Waals surface area contributed by atoms with Crippen molar-refractivity contribution in [3.63, 3.8) is 0 Å². The molecule has 2 N–H and O–H groups in total. The number of nitrogens with two attached hydrogens (primary N) is 1. The quantitative estimate of drug-likeness (QED) is 0.919. The van der Waals surface area contributed by atoms with Crippen LogP contribution in [0.1, 0.15) is 22.3 Å². The van der Waals surface area contributed by atoms with Crippen LogP contribution >= 0.6 is 0 Å². The first kappa shape index (κ1) is 15.1. The van der Waals surface area contributed by atoms with Gasteiger partial charge in [0.1, 0.15) is 5.82 Å². The van der Waals surface area contributed by atoms with Crippen molar-refractivity contribution < 1.29 is 9.18 Å². The molecule has 1 aromatic carbocycles. The van der Waals surface area contributed by atoms with Gasteiger partial charge in [-0.15, -0.1) is 0 Å². The van der Waals surface area contributed by atoms with E-state index < -0.39 is 5.82 Å². The number of nitrogens with zero attached hydrogens (tertiary/aromatic N) is 2. The number of anilines is 1. The van der Waals surface area contributed by atoms with E-state index in [4.69, 9.17) is 5.73 Å². The molecule has 0 bridgehead atoms. The third-order valence-electron chi connectivity index (χ3n) is 3.13. The minimum Gasteiger partial charge on any atom is -0.330 e. The van der Waals surface area contributed by atoms with E-state index in [9.17, 15) is 9.18 Å². The number of aryl methyl sites for hydroxylation is 1. The molecule has 4 nitrogen and oxygen atoms in total. The highest BCUT2D eigenvalue weighted by Crippen LogP contribution is 2.18. The maximum atomic E-state index is 13.2. The number of amides is 1. The third kappa shape index (κ3) is 3.86. The maximum Gasteiger partial charge on any atom is 0.259 e. The zero-order chi connectivity index (χ0) is 15.2. The summed E-state index contributed by atoms with van der Waals surface area (Å²) in [5, 5.41) is 0. The van der Waals surface area contributed by atoms with E-state index >= 15 is 0 Å². The number of carbonyl (C=O) groups is 1. The summed E-state index contributed by atoms with van der Waals surface area (Å²) in [5.74, 6) is -0.803. The molecule has 1 amide bonds. The Morgan fingerprint density at radius 3 is 2.62 bits per heavy atom. The molecule has 1 aromatic heterocycles. The van der Waals surface area contributed by atoms with Gasteiger partial charge in [-0.1, -0.05) is 17.7 Å². The van der Waals surface area contributed by atoms with Crippen LogP contribution in [0.3, 0.4) is 0 Å². The number of rotatable bonds is 5. The topological polar surface area (TPSA) is 59.2 Å². The fraction of sp³-hybridized carbons (Fsp3) is 0.250. The van der Waals surface area contributed by atoms with E-state index in [2.05, 4.69) is 4.98 Å². The minimum atomic E-state index is -0.525. The van der Waals surface area contributed by atoms with Crippen LogP contribution in [0.4, 0.5) is 10.1 Å². The Balaban J connectivity index is 2.31. The van der Waals surface area contributed by atoms with Crippen molar-refractivity contribution in [3.8, 4) is 0 Å². The Morgan fingerprint density at radius 1 is 1.29 bits per heavy atom. The summed E-state index contributed by atoms with van der Waals surface area (Å²) < 4.78 is 13.2. The van der Waals surface area contributed by atoms with Crippen LogP contribution in [0.2, 0.25) is 0 Å². The van der Waals surface area contributed by atoms with Gasteiger partial charge in [-0.2, -0.15) is 0 Å². The molecular weight excluding hydrogens is 269 g/mol. The van der Waals surface area contributed by atoms with Crippen LogP contribution in [0, 0.1) is 12.7 Å². The average molecular weight is 287 g/mol. The number of aromatic nitrogens is 1. The third-order valence-corrected chi connectivity index (χ3v) is 3.13. The first-order chi connectivity index (χ1) is 10.1. The van der Waals surface area contributed by atoms with Crippen molar-refractivity contribution in [3.05, 3.63) is 59.7 Å². The highest BCUT2D eigenvalue weighted by atomic mass is 19.1. The molecule has 0 fully saturated rings. The first-order valence-corrected chi connectivity index (χ1v) is 6.81. The van der Waals surface area contributed by atoms with Gasteiger partial charge in [-0.3, -0.25) is 9.78 Å². The Hall–Kier alpha value is -2.27. The summed E-state index contributed by atoms with van der Waals surface area (Å²) in [6, 6.07) is 8.80. The highest BCUT2D eigenvalue weighted by Gasteiger charge is 2.18. The number of carbonyl (C=O) groups excluding carboxylic acids is 1. The molecule has 0 aliphatic rings. The van der Waals surface area contributed by atoms with Crippen molar-refractivity contribution in [2.45, 2.75) is 13.3 Å². The van der Waals surface area contributed by atoms with Crippen LogP contribution in [0.25, 0.3) is 0 Å². The Kier molecular flexibility index (Phi) is 5.00. The molecule has 0 atom stereocenters. The van der Waals surface area contributed by atoms with E-state index in [-0.39, 0.29) is 11.5 Å². The molecule has 1 heterocycles. The normalized spacial score (nSPS) is 10.4. The van der Waals surface area contributed by atoms with Crippen LogP contribution in [0.5, 0.6) is 0 Å². The van der Waals surface area contributed by atoms with Gasteiger partial charge in [0, 0.05) is 18.4 Å². The molecule has 0 saturated carbocycles. The number of halogens is 1. The average Bonchev–Trinajstić information content (AvgIpc) is 2.49. The molecule has 0 unspecified atom stereocenters. The molecule has 0 aliphatic heterocycles. The van der Waals surface area contributed by atoms with Crippen molar-refractivity contribution in [1.82, 2.24) is 4.98 Å². The second-order valence-electron chi connectivity index (χ2n) is 4.83. The van der Waals surface area contributed by atoms with E-state index in [0.717, 1.165) is 17.4 Å². The summed E-state index contributed by atoms with van der Waals surface area (Å²) in [6.07, 6.45) is 3.12. The van der Waals surface area contributed by atoms with Crippen LogP contribution in [-0.2, 0) is 0 Å².